The number of pyridine rings is 1. The van der Waals surface area contributed by atoms with Gasteiger partial charge < -0.3 is 0 Å². The number of aromatic nitrogens is 1. The molecule has 0 radical (unpaired) electrons. The topological polar surface area (TPSA) is 50.9 Å². The van der Waals surface area contributed by atoms with Gasteiger partial charge in [0.05, 0.1) is 0 Å². The van der Waals surface area contributed by atoms with E-state index in [0.717, 1.165) is 11.8 Å². The molecule has 1 aromatic carbocycles. The van der Waals surface area contributed by atoms with Crippen LogP contribution >= 0.6 is 0 Å². The van der Waals surface area contributed by atoms with Crippen LogP contribution in [0.3, 0.4) is 0 Å². The van der Waals surface area contributed by atoms with Crippen LogP contribution in [0, 0.1) is 5.41 Å². The average Bonchev–Trinajstić information content (AvgIpc) is 2.34. The molecule has 1 atom stereocenters. The van der Waals surface area contributed by atoms with Crippen LogP contribution in [0.15, 0.2) is 36.7 Å². The van der Waals surface area contributed by atoms with Crippen LogP contribution in [0.5, 0.6) is 0 Å². The first-order valence-corrected chi connectivity index (χ1v) is 6.30. The van der Waals surface area contributed by atoms with Crippen LogP contribution in [0.25, 0.3) is 10.8 Å². The van der Waals surface area contributed by atoms with E-state index >= 15 is 0 Å². The van der Waals surface area contributed by atoms with E-state index in [1.54, 1.807) is 0 Å². The minimum absolute atomic E-state index is 0.163. The van der Waals surface area contributed by atoms with Crippen molar-refractivity contribution in [2.45, 2.75) is 33.2 Å². The molecule has 0 spiro atoms. The van der Waals surface area contributed by atoms with E-state index < -0.39 is 0 Å². The van der Waals surface area contributed by atoms with Crippen molar-refractivity contribution in [1.29, 1.82) is 0 Å². The zero-order valence-corrected chi connectivity index (χ0v) is 11.3. The summed E-state index contributed by atoms with van der Waals surface area (Å²) >= 11 is 0. The van der Waals surface area contributed by atoms with Gasteiger partial charge in [-0.1, -0.05) is 39.0 Å². The molecule has 0 fully saturated rings. The van der Waals surface area contributed by atoms with E-state index in [1.807, 2.05) is 12.4 Å². The van der Waals surface area contributed by atoms with Gasteiger partial charge in [0.1, 0.15) is 0 Å². The predicted octanol–water partition coefficient (Wildman–Crippen LogP) is 3.18. The summed E-state index contributed by atoms with van der Waals surface area (Å²) in [6.45, 7) is 6.68. The maximum atomic E-state index is 5.74. The lowest BCUT2D eigenvalue weighted by molar-refractivity contribution is 0.314. The number of nitrogens with one attached hydrogen (secondary N) is 1. The molecule has 2 rings (SSSR count). The van der Waals surface area contributed by atoms with Crippen molar-refractivity contribution < 1.29 is 0 Å². The summed E-state index contributed by atoms with van der Waals surface area (Å²) in [6.07, 6.45) is 4.71. The Labute approximate surface area is 108 Å². The molecule has 3 heteroatoms. The summed E-state index contributed by atoms with van der Waals surface area (Å²) < 4.78 is 0. The molecule has 0 saturated carbocycles. The minimum Gasteiger partial charge on any atom is -0.271 e. The van der Waals surface area contributed by atoms with Gasteiger partial charge in [0.25, 0.3) is 0 Å². The Bertz CT molecular complexity index is 523. The van der Waals surface area contributed by atoms with Crippen molar-refractivity contribution in [1.82, 2.24) is 10.4 Å². The molecule has 0 aliphatic rings. The van der Waals surface area contributed by atoms with E-state index in [1.165, 1.54) is 10.9 Å². The number of fused-ring (bicyclic) bond motifs is 1. The highest BCUT2D eigenvalue weighted by atomic mass is 15.2. The first-order chi connectivity index (χ1) is 8.51. The van der Waals surface area contributed by atoms with Crippen molar-refractivity contribution in [3.8, 4) is 0 Å². The van der Waals surface area contributed by atoms with Gasteiger partial charge in [0.15, 0.2) is 0 Å². The summed E-state index contributed by atoms with van der Waals surface area (Å²) in [4.78, 5) is 4.16. The number of hydrazine groups is 1. The highest BCUT2D eigenvalue weighted by Gasteiger charge is 2.20. The second-order valence-corrected chi connectivity index (χ2v) is 5.93. The largest absolute Gasteiger partial charge is 0.271 e. The van der Waals surface area contributed by atoms with Crippen molar-refractivity contribution in [2.24, 2.45) is 11.3 Å². The van der Waals surface area contributed by atoms with Gasteiger partial charge in [0.2, 0.25) is 0 Å². The summed E-state index contributed by atoms with van der Waals surface area (Å²) in [6, 6.07) is 8.50. The molecule has 2 aromatic rings. The molecule has 1 heterocycles. The number of nitrogens with two attached hydrogens (primary N) is 1. The van der Waals surface area contributed by atoms with Crippen LogP contribution in [0.1, 0.15) is 38.8 Å². The third-order valence-corrected chi connectivity index (χ3v) is 3.11. The monoisotopic (exact) mass is 243 g/mol. The van der Waals surface area contributed by atoms with E-state index in [0.29, 0.717) is 0 Å². The number of nitrogens with zero attached hydrogens (tertiary/aromatic N) is 1. The van der Waals surface area contributed by atoms with Crippen LogP contribution in [-0.2, 0) is 0 Å². The molecule has 1 unspecified atom stereocenters. The lowest BCUT2D eigenvalue weighted by Gasteiger charge is -2.26. The first-order valence-electron chi connectivity index (χ1n) is 6.30. The van der Waals surface area contributed by atoms with Gasteiger partial charge in [-0.3, -0.25) is 16.3 Å². The molecule has 0 aliphatic carbocycles. The molecule has 3 nitrogen and oxygen atoms in total. The SMILES string of the molecule is CC(C)(C)CC(NN)c1cccc2cnccc12. The molecule has 0 aliphatic heterocycles. The van der Waals surface area contributed by atoms with Gasteiger partial charge in [-0.2, -0.15) is 0 Å². The molecule has 18 heavy (non-hydrogen) atoms. The Morgan fingerprint density at radius 1 is 1.28 bits per heavy atom. The second-order valence-electron chi connectivity index (χ2n) is 5.93. The summed E-state index contributed by atoms with van der Waals surface area (Å²) in [5, 5.41) is 2.38. The zero-order valence-electron chi connectivity index (χ0n) is 11.3. The molecular formula is C15H21N3. The van der Waals surface area contributed by atoms with Gasteiger partial charge in [0, 0.05) is 23.8 Å². The van der Waals surface area contributed by atoms with Crippen molar-refractivity contribution >= 4 is 10.8 Å². The molecule has 0 amide bonds. The fourth-order valence-corrected chi connectivity index (χ4v) is 2.32. The Morgan fingerprint density at radius 2 is 2.06 bits per heavy atom. The third kappa shape index (κ3) is 2.86. The van der Waals surface area contributed by atoms with E-state index in [2.05, 4.69) is 55.4 Å². The second kappa shape index (κ2) is 5.04. The van der Waals surface area contributed by atoms with Crippen LogP contribution in [-0.4, -0.2) is 4.98 Å². The Hall–Kier alpha value is -1.45. The Balaban J connectivity index is 2.45. The molecule has 1 aromatic heterocycles. The van der Waals surface area contributed by atoms with Gasteiger partial charge in [-0.05, 0) is 28.9 Å². The van der Waals surface area contributed by atoms with Gasteiger partial charge in [-0.15, -0.1) is 0 Å². The zero-order chi connectivity index (χ0) is 13.2. The third-order valence-electron chi connectivity index (χ3n) is 3.11. The lowest BCUT2D eigenvalue weighted by Crippen LogP contribution is -2.31. The number of rotatable bonds is 3. The highest BCUT2D eigenvalue weighted by molar-refractivity contribution is 5.85. The van der Waals surface area contributed by atoms with E-state index in [9.17, 15) is 0 Å². The molecule has 96 valence electrons. The fraction of sp³-hybridized carbons (Fsp3) is 0.400. The van der Waals surface area contributed by atoms with E-state index in [-0.39, 0.29) is 11.5 Å². The normalized spacial score (nSPS) is 13.8. The average molecular weight is 243 g/mol. The van der Waals surface area contributed by atoms with Crippen molar-refractivity contribution in [3.05, 3.63) is 42.2 Å². The minimum atomic E-state index is 0.163. The summed E-state index contributed by atoms with van der Waals surface area (Å²) in [5.41, 5.74) is 4.42. The Kier molecular flexibility index (Phi) is 3.64. The summed E-state index contributed by atoms with van der Waals surface area (Å²) in [5.74, 6) is 5.74. The number of hydrogen-bond acceptors (Lipinski definition) is 3. The van der Waals surface area contributed by atoms with Crippen LogP contribution in [0.2, 0.25) is 0 Å². The number of hydrogen-bond donors (Lipinski definition) is 2. The first kappa shape index (κ1) is 13.0. The maximum Gasteiger partial charge on any atom is 0.0471 e. The smallest absolute Gasteiger partial charge is 0.0471 e. The van der Waals surface area contributed by atoms with Gasteiger partial charge in [-0.25, -0.2) is 0 Å². The lowest BCUT2D eigenvalue weighted by atomic mass is 9.84. The molecule has 0 saturated heterocycles. The molecular weight excluding hydrogens is 222 g/mol. The highest BCUT2D eigenvalue weighted by Crippen LogP contribution is 2.32. The maximum absolute atomic E-state index is 5.74. The van der Waals surface area contributed by atoms with Gasteiger partial charge >= 0.3 is 0 Å². The Morgan fingerprint density at radius 3 is 2.72 bits per heavy atom. The van der Waals surface area contributed by atoms with Crippen LogP contribution in [0.4, 0.5) is 0 Å². The van der Waals surface area contributed by atoms with Crippen molar-refractivity contribution in [2.75, 3.05) is 0 Å². The molecule has 0 bridgehead atoms. The summed E-state index contributed by atoms with van der Waals surface area (Å²) in [7, 11) is 0. The standard InChI is InChI=1S/C15H21N3/c1-15(2,3)9-14(18-16)13-6-4-5-11-10-17-8-7-12(11)13/h4-8,10,14,18H,9,16H2,1-3H3. The fourth-order valence-electron chi connectivity index (χ4n) is 2.32. The van der Waals surface area contributed by atoms with Crippen LogP contribution < -0.4 is 11.3 Å². The molecule has 3 N–H and O–H groups in total. The number of benzene rings is 1. The van der Waals surface area contributed by atoms with Crippen molar-refractivity contribution in [3.63, 3.8) is 0 Å². The quantitative estimate of drug-likeness (QED) is 0.643. The predicted molar refractivity (Wildman–Crippen MR) is 75.9 cm³/mol. The van der Waals surface area contributed by atoms with E-state index in [4.69, 9.17) is 5.84 Å².